The van der Waals surface area contributed by atoms with E-state index in [0.29, 0.717) is 11.4 Å². The fourth-order valence-corrected chi connectivity index (χ4v) is 4.48. The molecule has 1 aromatic carbocycles. The molecule has 3 rings (SSSR count). The van der Waals surface area contributed by atoms with Gasteiger partial charge in [-0.25, -0.2) is 8.42 Å². The van der Waals surface area contributed by atoms with Crippen molar-refractivity contribution in [2.24, 2.45) is 0 Å². The summed E-state index contributed by atoms with van der Waals surface area (Å²) in [7, 11) is -3.32. The molecule has 0 bridgehead atoms. The number of benzene rings is 1. The lowest BCUT2D eigenvalue weighted by atomic mass is 10.0. The Morgan fingerprint density at radius 2 is 2.16 bits per heavy atom. The van der Waals surface area contributed by atoms with Crippen LogP contribution >= 0.6 is 0 Å². The van der Waals surface area contributed by atoms with E-state index in [0.717, 1.165) is 43.5 Å². The minimum absolute atomic E-state index is 0.226. The molecule has 0 radical (unpaired) electrons. The van der Waals surface area contributed by atoms with Crippen LogP contribution in [0.25, 0.3) is 0 Å². The number of anilines is 1. The van der Waals surface area contributed by atoms with Crippen LogP contribution in [0.15, 0.2) is 23.1 Å². The van der Waals surface area contributed by atoms with E-state index in [1.54, 1.807) is 10.4 Å². The normalized spacial score (nSPS) is 19.1. The summed E-state index contributed by atoms with van der Waals surface area (Å²) in [5, 5.41) is 3.31. The molecule has 1 aromatic rings. The van der Waals surface area contributed by atoms with Crippen LogP contribution in [0, 0.1) is 0 Å². The molecule has 0 aromatic heterocycles. The minimum Gasteiger partial charge on any atom is -0.385 e. The lowest BCUT2D eigenvalue weighted by Crippen LogP contribution is -2.33. The van der Waals surface area contributed by atoms with Crippen molar-refractivity contribution in [3.63, 3.8) is 0 Å². The monoisotopic (exact) mass is 280 g/mol. The van der Waals surface area contributed by atoms with Gasteiger partial charge >= 0.3 is 0 Å². The zero-order valence-electron chi connectivity index (χ0n) is 11.2. The number of nitrogens with zero attached hydrogens (tertiary/aromatic N) is 1. The molecule has 1 aliphatic heterocycles. The van der Waals surface area contributed by atoms with E-state index in [2.05, 4.69) is 5.32 Å². The van der Waals surface area contributed by atoms with Crippen LogP contribution in [0.1, 0.15) is 31.7 Å². The standard InChI is InChI=1S/C14H20N2O2S/c1-2-16(12-5-6-12)19(17,18)13-7-8-14-11(10-13)4-3-9-15-14/h7-8,10,12,15H,2-6,9H2,1H3. The summed E-state index contributed by atoms with van der Waals surface area (Å²) < 4.78 is 26.9. The van der Waals surface area contributed by atoms with E-state index in [4.69, 9.17) is 0 Å². The summed E-state index contributed by atoms with van der Waals surface area (Å²) in [6.45, 7) is 3.44. The first-order chi connectivity index (χ1) is 9.13. The zero-order valence-corrected chi connectivity index (χ0v) is 12.0. The number of aryl methyl sites for hydroxylation is 1. The van der Waals surface area contributed by atoms with Gasteiger partial charge in [0.15, 0.2) is 0 Å². The Balaban J connectivity index is 1.96. The Kier molecular flexibility index (Phi) is 3.27. The highest BCUT2D eigenvalue weighted by molar-refractivity contribution is 7.89. The smallest absolute Gasteiger partial charge is 0.243 e. The Morgan fingerprint density at radius 1 is 1.37 bits per heavy atom. The maximum Gasteiger partial charge on any atom is 0.243 e. The van der Waals surface area contributed by atoms with Gasteiger partial charge in [-0.05, 0) is 49.4 Å². The van der Waals surface area contributed by atoms with Crippen molar-refractivity contribution in [2.45, 2.75) is 43.5 Å². The average molecular weight is 280 g/mol. The zero-order chi connectivity index (χ0) is 13.5. The fourth-order valence-electron chi connectivity index (χ4n) is 2.73. The molecular formula is C14H20N2O2S. The highest BCUT2D eigenvalue weighted by Crippen LogP contribution is 2.33. The first-order valence-electron chi connectivity index (χ1n) is 7.01. The number of nitrogens with one attached hydrogen (secondary N) is 1. The van der Waals surface area contributed by atoms with Crippen LogP contribution < -0.4 is 5.32 Å². The maximum atomic E-state index is 12.6. The van der Waals surface area contributed by atoms with Gasteiger partial charge in [0.25, 0.3) is 0 Å². The second kappa shape index (κ2) is 4.80. The van der Waals surface area contributed by atoms with E-state index >= 15 is 0 Å². The van der Waals surface area contributed by atoms with Gasteiger partial charge in [-0.2, -0.15) is 4.31 Å². The second-order valence-electron chi connectivity index (χ2n) is 5.29. The van der Waals surface area contributed by atoms with Crippen molar-refractivity contribution < 1.29 is 8.42 Å². The second-order valence-corrected chi connectivity index (χ2v) is 7.18. The molecule has 1 N–H and O–H groups in total. The molecule has 1 fully saturated rings. The Labute approximate surface area is 114 Å². The van der Waals surface area contributed by atoms with Crippen molar-refractivity contribution in [1.82, 2.24) is 4.31 Å². The van der Waals surface area contributed by atoms with Gasteiger partial charge < -0.3 is 5.32 Å². The predicted molar refractivity (Wildman–Crippen MR) is 75.8 cm³/mol. The molecule has 0 spiro atoms. The third kappa shape index (κ3) is 2.37. The predicted octanol–water partition coefficient (Wildman–Crippen LogP) is 2.22. The number of hydrogen-bond donors (Lipinski definition) is 1. The van der Waals surface area contributed by atoms with Crippen molar-refractivity contribution in [2.75, 3.05) is 18.4 Å². The van der Waals surface area contributed by atoms with Gasteiger partial charge in [-0.3, -0.25) is 0 Å². The van der Waals surface area contributed by atoms with Crippen LogP contribution in [-0.2, 0) is 16.4 Å². The summed E-state index contributed by atoms with van der Waals surface area (Å²) in [6.07, 6.45) is 4.02. The molecule has 5 heteroatoms. The van der Waals surface area contributed by atoms with E-state index < -0.39 is 10.0 Å². The highest BCUT2D eigenvalue weighted by Gasteiger charge is 2.37. The largest absolute Gasteiger partial charge is 0.385 e. The van der Waals surface area contributed by atoms with E-state index in [1.807, 2.05) is 19.1 Å². The van der Waals surface area contributed by atoms with Crippen molar-refractivity contribution >= 4 is 15.7 Å². The van der Waals surface area contributed by atoms with Gasteiger partial charge in [-0.1, -0.05) is 6.92 Å². The lowest BCUT2D eigenvalue weighted by Gasteiger charge is -2.22. The van der Waals surface area contributed by atoms with E-state index in [-0.39, 0.29) is 6.04 Å². The molecule has 0 unspecified atom stereocenters. The number of fused-ring (bicyclic) bond motifs is 1. The van der Waals surface area contributed by atoms with Crippen molar-refractivity contribution in [3.05, 3.63) is 23.8 Å². The Hall–Kier alpha value is -1.07. The SMILES string of the molecule is CCN(C1CC1)S(=O)(=O)c1ccc2c(c1)CCCN2. The first kappa shape index (κ1) is 12.9. The van der Waals surface area contributed by atoms with Crippen LogP contribution in [0.3, 0.4) is 0 Å². The van der Waals surface area contributed by atoms with Crippen molar-refractivity contribution in [1.29, 1.82) is 0 Å². The van der Waals surface area contributed by atoms with Gasteiger partial charge in [0, 0.05) is 24.8 Å². The number of hydrogen-bond acceptors (Lipinski definition) is 3. The molecule has 0 saturated heterocycles. The molecule has 1 heterocycles. The van der Waals surface area contributed by atoms with Crippen LogP contribution in [0.2, 0.25) is 0 Å². The summed E-state index contributed by atoms with van der Waals surface area (Å²) in [4.78, 5) is 0.448. The van der Waals surface area contributed by atoms with Gasteiger partial charge in [0.05, 0.1) is 4.90 Å². The maximum absolute atomic E-state index is 12.6. The molecule has 0 amide bonds. The average Bonchev–Trinajstić information content (AvgIpc) is 3.23. The summed E-state index contributed by atoms with van der Waals surface area (Å²) >= 11 is 0. The molecule has 19 heavy (non-hydrogen) atoms. The van der Waals surface area contributed by atoms with E-state index in [9.17, 15) is 8.42 Å². The summed E-state index contributed by atoms with van der Waals surface area (Å²) in [5.41, 5.74) is 2.21. The Bertz CT molecular complexity index is 579. The van der Waals surface area contributed by atoms with Crippen LogP contribution in [-0.4, -0.2) is 31.9 Å². The molecule has 0 atom stereocenters. The quantitative estimate of drug-likeness (QED) is 0.920. The molecule has 104 valence electrons. The lowest BCUT2D eigenvalue weighted by molar-refractivity contribution is 0.421. The number of sulfonamides is 1. The van der Waals surface area contributed by atoms with Crippen LogP contribution in [0.4, 0.5) is 5.69 Å². The van der Waals surface area contributed by atoms with Crippen LogP contribution in [0.5, 0.6) is 0 Å². The molecule has 4 nitrogen and oxygen atoms in total. The summed E-state index contributed by atoms with van der Waals surface area (Å²) in [6, 6.07) is 5.71. The third-order valence-electron chi connectivity index (χ3n) is 3.89. The molecule has 2 aliphatic rings. The van der Waals surface area contributed by atoms with Crippen molar-refractivity contribution in [3.8, 4) is 0 Å². The highest BCUT2D eigenvalue weighted by atomic mass is 32.2. The fraction of sp³-hybridized carbons (Fsp3) is 0.571. The van der Waals surface area contributed by atoms with E-state index in [1.165, 1.54) is 0 Å². The topological polar surface area (TPSA) is 49.4 Å². The van der Waals surface area contributed by atoms with Gasteiger partial charge in [0.2, 0.25) is 10.0 Å². The first-order valence-corrected chi connectivity index (χ1v) is 8.45. The minimum atomic E-state index is -3.32. The number of rotatable bonds is 4. The summed E-state index contributed by atoms with van der Waals surface area (Å²) in [5.74, 6) is 0. The van der Waals surface area contributed by atoms with Gasteiger partial charge in [0.1, 0.15) is 0 Å². The third-order valence-corrected chi connectivity index (χ3v) is 5.91. The molecule has 1 saturated carbocycles. The Morgan fingerprint density at radius 3 is 2.84 bits per heavy atom. The molecular weight excluding hydrogens is 260 g/mol. The molecule has 1 aliphatic carbocycles. The van der Waals surface area contributed by atoms with Gasteiger partial charge in [-0.15, -0.1) is 0 Å².